The molecule has 12 heteroatoms. The number of nitrogens with one attached hydrogen (secondary N) is 1. The van der Waals surface area contributed by atoms with Crippen molar-refractivity contribution in [1.82, 2.24) is 9.80 Å². The monoisotopic (exact) mass is 651 g/mol. The SMILES string of the molecule is Cc1cccc(NC(=O)COc2c(Br)cc(/C=C3\SC(=O)N(CC(=O)N4CCOCC4)C3=O)cc2Br)c1. The van der Waals surface area contributed by atoms with Crippen LogP contribution in [0.15, 0.2) is 50.2 Å². The minimum atomic E-state index is -0.517. The fraction of sp³-hybridized carbons (Fsp3) is 0.280. The van der Waals surface area contributed by atoms with Gasteiger partial charge in [-0.15, -0.1) is 0 Å². The van der Waals surface area contributed by atoms with Gasteiger partial charge in [-0.3, -0.25) is 24.1 Å². The molecule has 194 valence electrons. The maximum absolute atomic E-state index is 12.9. The van der Waals surface area contributed by atoms with Crippen molar-refractivity contribution in [2.75, 3.05) is 44.8 Å². The smallest absolute Gasteiger partial charge is 0.294 e. The highest BCUT2D eigenvalue weighted by Gasteiger charge is 2.37. The van der Waals surface area contributed by atoms with E-state index >= 15 is 0 Å². The van der Waals surface area contributed by atoms with E-state index in [0.29, 0.717) is 52.2 Å². The van der Waals surface area contributed by atoms with Crippen LogP contribution < -0.4 is 10.1 Å². The Morgan fingerprint density at radius 2 is 1.84 bits per heavy atom. The van der Waals surface area contributed by atoms with Crippen LogP contribution in [0.4, 0.5) is 10.5 Å². The van der Waals surface area contributed by atoms with Crippen molar-refractivity contribution in [3.63, 3.8) is 0 Å². The van der Waals surface area contributed by atoms with E-state index in [0.717, 1.165) is 22.2 Å². The lowest BCUT2D eigenvalue weighted by Gasteiger charge is -2.28. The van der Waals surface area contributed by atoms with Gasteiger partial charge in [0.2, 0.25) is 5.91 Å². The van der Waals surface area contributed by atoms with E-state index in [2.05, 4.69) is 37.2 Å². The quantitative estimate of drug-likeness (QED) is 0.441. The predicted molar refractivity (Wildman–Crippen MR) is 147 cm³/mol. The first-order valence-corrected chi connectivity index (χ1v) is 13.7. The molecule has 9 nitrogen and oxygen atoms in total. The number of carbonyl (C=O) groups is 4. The van der Waals surface area contributed by atoms with Gasteiger partial charge in [0.15, 0.2) is 6.61 Å². The number of amides is 4. The Morgan fingerprint density at radius 1 is 1.14 bits per heavy atom. The number of thioether (sulfide) groups is 1. The van der Waals surface area contributed by atoms with Crippen LogP contribution in [0, 0.1) is 6.92 Å². The van der Waals surface area contributed by atoms with Crippen LogP contribution in [0.5, 0.6) is 5.75 Å². The van der Waals surface area contributed by atoms with Crippen molar-refractivity contribution in [2.45, 2.75) is 6.92 Å². The molecule has 2 fully saturated rings. The second kappa shape index (κ2) is 12.2. The van der Waals surface area contributed by atoms with E-state index in [9.17, 15) is 19.2 Å². The van der Waals surface area contributed by atoms with Gasteiger partial charge in [0, 0.05) is 18.8 Å². The van der Waals surface area contributed by atoms with Gasteiger partial charge >= 0.3 is 0 Å². The summed E-state index contributed by atoms with van der Waals surface area (Å²) >= 11 is 7.67. The van der Waals surface area contributed by atoms with Crippen LogP contribution >= 0.6 is 43.6 Å². The van der Waals surface area contributed by atoms with Crippen LogP contribution in [-0.4, -0.2) is 72.2 Å². The van der Waals surface area contributed by atoms with Crippen molar-refractivity contribution in [1.29, 1.82) is 0 Å². The molecule has 0 saturated carbocycles. The summed E-state index contributed by atoms with van der Waals surface area (Å²) in [7, 11) is 0. The summed E-state index contributed by atoms with van der Waals surface area (Å²) in [6.45, 7) is 3.19. The summed E-state index contributed by atoms with van der Waals surface area (Å²) in [6, 6.07) is 10.9. The number of hydrogen-bond donors (Lipinski definition) is 1. The normalized spacial score (nSPS) is 16.9. The zero-order valence-electron chi connectivity index (χ0n) is 19.8. The third-order valence-corrected chi connectivity index (χ3v) is 7.58. The molecule has 2 aliphatic rings. The molecule has 2 heterocycles. The van der Waals surface area contributed by atoms with Gasteiger partial charge in [0.05, 0.1) is 27.1 Å². The number of halogens is 2. The Morgan fingerprint density at radius 3 is 2.51 bits per heavy atom. The second-order valence-corrected chi connectivity index (χ2v) is 11.0. The molecule has 2 saturated heterocycles. The number of carbonyl (C=O) groups excluding carboxylic acids is 4. The summed E-state index contributed by atoms with van der Waals surface area (Å²) in [4.78, 5) is 52.9. The van der Waals surface area contributed by atoms with E-state index in [1.807, 2.05) is 25.1 Å². The van der Waals surface area contributed by atoms with E-state index in [-0.39, 0.29) is 29.9 Å². The van der Waals surface area contributed by atoms with Crippen LogP contribution in [0.2, 0.25) is 0 Å². The van der Waals surface area contributed by atoms with E-state index in [1.54, 1.807) is 29.2 Å². The fourth-order valence-electron chi connectivity index (χ4n) is 3.69. The van der Waals surface area contributed by atoms with E-state index in [1.165, 1.54) is 0 Å². The van der Waals surface area contributed by atoms with Gasteiger partial charge in [0.25, 0.3) is 17.1 Å². The third kappa shape index (κ3) is 7.01. The molecular weight excluding hydrogens is 630 g/mol. The summed E-state index contributed by atoms with van der Waals surface area (Å²) in [6.07, 6.45) is 1.58. The number of aryl methyl sites for hydroxylation is 1. The maximum atomic E-state index is 12.9. The lowest BCUT2D eigenvalue weighted by Crippen LogP contribution is -2.46. The molecule has 2 aromatic carbocycles. The topological polar surface area (TPSA) is 105 Å². The standard InChI is InChI=1S/C25H23Br2N3O6S/c1-15-3-2-4-17(9-15)28-21(31)14-36-23-18(26)10-16(11-19(23)27)12-20-24(33)30(25(34)37-20)13-22(32)29-5-7-35-8-6-29/h2-4,9-12H,5-8,13-14H2,1H3,(H,28,31)/b20-12-. The van der Waals surface area contributed by atoms with Crippen LogP contribution in [0.3, 0.4) is 0 Å². The first-order chi connectivity index (χ1) is 17.7. The number of rotatable bonds is 7. The molecule has 0 bridgehead atoms. The van der Waals surface area contributed by atoms with Crippen LogP contribution in [0.1, 0.15) is 11.1 Å². The zero-order chi connectivity index (χ0) is 26.5. The fourth-order valence-corrected chi connectivity index (χ4v) is 5.98. The molecule has 0 aliphatic carbocycles. The second-order valence-electron chi connectivity index (χ2n) is 8.28. The lowest BCUT2D eigenvalue weighted by atomic mass is 10.2. The molecule has 0 unspecified atom stereocenters. The molecule has 0 radical (unpaired) electrons. The molecule has 0 aromatic heterocycles. The van der Waals surface area contributed by atoms with E-state index < -0.39 is 11.1 Å². The molecule has 1 N–H and O–H groups in total. The van der Waals surface area contributed by atoms with E-state index in [4.69, 9.17) is 9.47 Å². The number of benzene rings is 2. The Labute approximate surface area is 234 Å². The number of ether oxygens (including phenoxy) is 2. The Bertz CT molecular complexity index is 1260. The minimum Gasteiger partial charge on any atom is -0.481 e. The van der Waals surface area contributed by atoms with Crippen molar-refractivity contribution in [2.24, 2.45) is 0 Å². The van der Waals surface area contributed by atoms with Crippen molar-refractivity contribution >= 4 is 78.3 Å². The molecule has 0 spiro atoms. The van der Waals surface area contributed by atoms with Gasteiger partial charge in [-0.05, 0) is 92.0 Å². The summed E-state index contributed by atoms with van der Waals surface area (Å²) in [5.74, 6) is -0.697. The number of nitrogens with zero attached hydrogens (tertiary/aromatic N) is 2. The molecule has 2 aromatic rings. The highest BCUT2D eigenvalue weighted by Crippen LogP contribution is 2.37. The molecule has 4 rings (SSSR count). The van der Waals surface area contributed by atoms with Crippen molar-refractivity contribution in [3.05, 3.63) is 61.4 Å². The van der Waals surface area contributed by atoms with Crippen LogP contribution in [-0.2, 0) is 19.1 Å². The Balaban J connectivity index is 1.39. The Hall–Kier alpha value is -2.67. The average molecular weight is 653 g/mol. The van der Waals surface area contributed by atoms with Gasteiger partial charge in [-0.1, -0.05) is 12.1 Å². The van der Waals surface area contributed by atoms with Crippen molar-refractivity contribution < 1.29 is 28.7 Å². The maximum Gasteiger partial charge on any atom is 0.294 e. The largest absolute Gasteiger partial charge is 0.481 e. The average Bonchev–Trinajstić information content (AvgIpc) is 3.11. The first-order valence-electron chi connectivity index (χ1n) is 11.3. The highest BCUT2D eigenvalue weighted by atomic mass is 79.9. The van der Waals surface area contributed by atoms with Gasteiger partial charge < -0.3 is 19.7 Å². The van der Waals surface area contributed by atoms with Gasteiger partial charge in [-0.2, -0.15) is 0 Å². The minimum absolute atomic E-state index is 0.208. The summed E-state index contributed by atoms with van der Waals surface area (Å²) < 4.78 is 12.0. The lowest BCUT2D eigenvalue weighted by molar-refractivity contribution is -0.139. The molecule has 0 atom stereocenters. The number of hydrogen-bond acceptors (Lipinski definition) is 7. The van der Waals surface area contributed by atoms with Crippen molar-refractivity contribution in [3.8, 4) is 5.75 Å². The van der Waals surface area contributed by atoms with Crippen LogP contribution in [0.25, 0.3) is 6.08 Å². The number of imide groups is 1. The van der Waals surface area contributed by atoms with Gasteiger partial charge in [-0.25, -0.2) is 0 Å². The highest BCUT2D eigenvalue weighted by molar-refractivity contribution is 9.11. The molecule has 4 amide bonds. The molecule has 37 heavy (non-hydrogen) atoms. The summed E-state index contributed by atoms with van der Waals surface area (Å²) in [5, 5.41) is 2.29. The number of morpholine rings is 1. The molecule has 2 aliphatic heterocycles. The zero-order valence-corrected chi connectivity index (χ0v) is 23.8. The van der Waals surface area contributed by atoms with Gasteiger partial charge in [0.1, 0.15) is 12.3 Å². The third-order valence-electron chi connectivity index (χ3n) is 5.50. The predicted octanol–water partition coefficient (Wildman–Crippen LogP) is 4.43. The Kier molecular flexibility index (Phi) is 9.06. The number of anilines is 1. The molecular formula is C25H23Br2N3O6S. The first kappa shape index (κ1) is 27.4. The summed E-state index contributed by atoms with van der Waals surface area (Å²) in [5.41, 5.74) is 2.34.